The van der Waals surface area contributed by atoms with E-state index >= 15 is 0 Å². The first-order chi connectivity index (χ1) is 15.1. The number of carbonyl (C=O) groups is 1. The summed E-state index contributed by atoms with van der Waals surface area (Å²) < 4.78 is 21.5. The Morgan fingerprint density at radius 1 is 1.13 bits per heavy atom. The Morgan fingerprint density at radius 3 is 2.45 bits per heavy atom. The Labute approximate surface area is 182 Å². The van der Waals surface area contributed by atoms with Gasteiger partial charge in [-0.15, -0.1) is 0 Å². The predicted molar refractivity (Wildman–Crippen MR) is 118 cm³/mol. The molecule has 4 rings (SSSR count). The summed E-state index contributed by atoms with van der Waals surface area (Å²) in [7, 11) is 0. The smallest absolute Gasteiger partial charge is 0.227 e. The van der Waals surface area contributed by atoms with E-state index in [4.69, 9.17) is 9.84 Å². The van der Waals surface area contributed by atoms with Crippen LogP contribution in [-0.2, 0) is 17.8 Å². The summed E-state index contributed by atoms with van der Waals surface area (Å²) in [5, 5.41) is 4.79. The van der Waals surface area contributed by atoms with E-state index in [1.54, 1.807) is 16.8 Å². The molecule has 3 aromatic rings. The number of hydrogen-bond donors (Lipinski definition) is 0. The van der Waals surface area contributed by atoms with Gasteiger partial charge in [0, 0.05) is 12.5 Å². The van der Waals surface area contributed by atoms with Crippen molar-refractivity contribution in [1.82, 2.24) is 14.7 Å². The lowest BCUT2D eigenvalue weighted by molar-refractivity contribution is -0.133. The van der Waals surface area contributed by atoms with Crippen LogP contribution in [0.5, 0.6) is 11.6 Å². The standard InChI is InChI=1S/C25H28FN3O2/c1-3-16-28(24(30)18-10-11-18)17-22-23(4-2)27-29(20-14-12-19(26)13-15-20)25(22)31-21-8-6-5-7-9-21/h5-9,12-15,18H,3-4,10-11,16-17H2,1-2H3. The van der Waals surface area contributed by atoms with Crippen molar-refractivity contribution in [3.8, 4) is 17.3 Å². The van der Waals surface area contributed by atoms with Crippen molar-refractivity contribution in [2.24, 2.45) is 5.92 Å². The van der Waals surface area contributed by atoms with Gasteiger partial charge in [0.15, 0.2) is 0 Å². The van der Waals surface area contributed by atoms with Gasteiger partial charge < -0.3 is 9.64 Å². The molecule has 1 saturated carbocycles. The molecule has 1 aromatic heterocycles. The number of hydrogen-bond acceptors (Lipinski definition) is 3. The van der Waals surface area contributed by atoms with Crippen molar-refractivity contribution in [1.29, 1.82) is 0 Å². The summed E-state index contributed by atoms with van der Waals surface area (Å²) in [5.74, 6) is 1.32. The molecule has 0 N–H and O–H groups in total. The van der Waals surface area contributed by atoms with Crippen LogP contribution in [0.3, 0.4) is 0 Å². The summed E-state index contributed by atoms with van der Waals surface area (Å²) in [6.45, 7) is 5.28. The van der Waals surface area contributed by atoms with Gasteiger partial charge >= 0.3 is 0 Å². The number of rotatable bonds is 9. The number of halogens is 1. The summed E-state index contributed by atoms with van der Waals surface area (Å²) in [5.41, 5.74) is 2.49. The lowest BCUT2D eigenvalue weighted by Crippen LogP contribution is -2.32. The third kappa shape index (κ3) is 4.79. The van der Waals surface area contributed by atoms with E-state index in [1.807, 2.05) is 42.2 Å². The third-order valence-electron chi connectivity index (χ3n) is 5.46. The molecule has 1 aliphatic carbocycles. The van der Waals surface area contributed by atoms with Crippen LogP contribution in [0.25, 0.3) is 5.69 Å². The van der Waals surface area contributed by atoms with E-state index in [9.17, 15) is 9.18 Å². The second-order valence-corrected chi connectivity index (χ2v) is 7.92. The summed E-state index contributed by atoms with van der Waals surface area (Å²) in [6.07, 6.45) is 3.54. The maximum atomic E-state index is 13.5. The van der Waals surface area contributed by atoms with Gasteiger partial charge in [-0.25, -0.2) is 9.07 Å². The minimum Gasteiger partial charge on any atom is -0.439 e. The maximum absolute atomic E-state index is 13.5. The molecule has 2 aromatic carbocycles. The lowest BCUT2D eigenvalue weighted by Gasteiger charge is -2.23. The molecule has 1 fully saturated rings. The molecule has 0 spiro atoms. The first kappa shape index (κ1) is 21.1. The van der Waals surface area contributed by atoms with Crippen LogP contribution in [0.4, 0.5) is 4.39 Å². The molecule has 0 atom stereocenters. The second kappa shape index (κ2) is 9.33. The van der Waals surface area contributed by atoms with Crippen molar-refractivity contribution in [3.63, 3.8) is 0 Å². The SMILES string of the molecule is CCCN(Cc1c(CC)nn(-c2ccc(F)cc2)c1Oc1ccccc1)C(=O)C1CC1. The van der Waals surface area contributed by atoms with Crippen LogP contribution in [0.2, 0.25) is 0 Å². The molecule has 0 radical (unpaired) electrons. The van der Waals surface area contributed by atoms with Crippen molar-refractivity contribution in [2.45, 2.75) is 46.1 Å². The van der Waals surface area contributed by atoms with Gasteiger partial charge in [-0.1, -0.05) is 32.0 Å². The minimum absolute atomic E-state index is 0.155. The number of aryl methyl sites for hydroxylation is 1. The van der Waals surface area contributed by atoms with Gasteiger partial charge in [0.2, 0.25) is 11.8 Å². The topological polar surface area (TPSA) is 47.4 Å². The number of aromatic nitrogens is 2. The molecule has 5 nitrogen and oxygen atoms in total. The monoisotopic (exact) mass is 421 g/mol. The maximum Gasteiger partial charge on any atom is 0.227 e. The van der Waals surface area contributed by atoms with Gasteiger partial charge in [0.05, 0.1) is 23.5 Å². The van der Waals surface area contributed by atoms with Crippen molar-refractivity contribution < 1.29 is 13.9 Å². The highest BCUT2D eigenvalue weighted by molar-refractivity contribution is 5.81. The number of nitrogens with zero attached hydrogens (tertiary/aromatic N) is 3. The highest BCUT2D eigenvalue weighted by Crippen LogP contribution is 2.35. The van der Waals surface area contributed by atoms with Crippen LogP contribution >= 0.6 is 0 Å². The Morgan fingerprint density at radius 2 is 1.84 bits per heavy atom. The molecule has 1 heterocycles. The minimum atomic E-state index is -0.304. The Balaban J connectivity index is 1.77. The molecule has 1 aliphatic rings. The third-order valence-corrected chi connectivity index (χ3v) is 5.46. The zero-order valence-electron chi connectivity index (χ0n) is 18.1. The van der Waals surface area contributed by atoms with E-state index in [-0.39, 0.29) is 17.6 Å². The van der Waals surface area contributed by atoms with Gasteiger partial charge in [-0.3, -0.25) is 4.79 Å². The van der Waals surface area contributed by atoms with Crippen molar-refractivity contribution in [3.05, 3.63) is 71.7 Å². The molecule has 0 unspecified atom stereocenters. The van der Waals surface area contributed by atoms with E-state index in [0.29, 0.717) is 36.8 Å². The molecule has 0 aliphatic heterocycles. The average Bonchev–Trinajstić information content (AvgIpc) is 3.58. The predicted octanol–water partition coefficient (Wildman–Crippen LogP) is 5.51. The Bertz CT molecular complexity index is 1030. The highest BCUT2D eigenvalue weighted by atomic mass is 19.1. The van der Waals surface area contributed by atoms with E-state index in [2.05, 4.69) is 6.92 Å². The van der Waals surface area contributed by atoms with Crippen LogP contribution in [-0.4, -0.2) is 27.1 Å². The van der Waals surface area contributed by atoms with Gasteiger partial charge in [0.25, 0.3) is 0 Å². The first-order valence-corrected chi connectivity index (χ1v) is 11.0. The second-order valence-electron chi connectivity index (χ2n) is 7.92. The van der Waals surface area contributed by atoms with Crippen LogP contribution in [0.1, 0.15) is 44.4 Å². The fraction of sp³-hybridized carbons (Fsp3) is 0.360. The van der Waals surface area contributed by atoms with E-state index < -0.39 is 0 Å². The zero-order chi connectivity index (χ0) is 21.8. The fourth-order valence-electron chi connectivity index (χ4n) is 3.70. The quantitative estimate of drug-likeness (QED) is 0.457. The normalized spacial score (nSPS) is 13.3. The summed E-state index contributed by atoms with van der Waals surface area (Å²) >= 11 is 0. The van der Waals surface area contributed by atoms with E-state index in [1.165, 1.54) is 12.1 Å². The average molecular weight is 422 g/mol. The molecule has 31 heavy (non-hydrogen) atoms. The largest absolute Gasteiger partial charge is 0.439 e. The summed E-state index contributed by atoms with van der Waals surface area (Å²) in [4.78, 5) is 14.8. The molecule has 0 saturated heterocycles. The van der Waals surface area contributed by atoms with Gasteiger partial charge in [-0.2, -0.15) is 5.10 Å². The highest BCUT2D eigenvalue weighted by Gasteiger charge is 2.34. The first-order valence-electron chi connectivity index (χ1n) is 11.0. The number of amides is 1. The van der Waals surface area contributed by atoms with Gasteiger partial charge in [-0.05, 0) is 62.1 Å². The zero-order valence-corrected chi connectivity index (χ0v) is 18.1. The molecule has 6 heteroatoms. The molecular weight excluding hydrogens is 393 g/mol. The Hall–Kier alpha value is -3.15. The molecule has 162 valence electrons. The Kier molecular flexibility index (Phi) is 6.35. The van der Waals surface area contributed by atoms with Crippen LogP contribution in [0.15, 0.2) is 54.6 Å². The fourth-order valence-corrected chi connectivity index (χ4v) is 3.70. The molecule has 0 bridgehead atoms. The van der Waals surface area contributed by atoms with Crippen LogP contribution < -0.4 is 4.74 Å². The lowest BCUT2D eigenvalue weighted by atomic mass is 10.1. The number of ether oxygens (including phenoxy) is 1. The molecular formula is C25H28FN3O2. The van der Waals surface area contributed by atoms with Crippen LogP contribution in [0, 0.1) is 11.7 Å². The van der Waals surface area contributed by atoms with Crippen molar-refractivity contribution >= 4 is 5.91 Å². The molecule has 1 amide bonds. The number of benzene rings is 2. The summed E-state index contributed by atoms with van der Waals surface area (Å²) in [6, 6.07) is 15.7. The van der Waals surface area contributed by atoms with Gasteiger partial charge in [0.1, 0.15) is 11.6 Å². The van der Waals surface area contributed by atoms with Crippen molar-refractivity contribution in [2.75, 3.05) is 6.54 Å². The number of carbonyl (C=O) groups excluding carboxylic acids is 1. The number of para-hydroxylation sites is 1. The van der Waals surface area contributed by atoms with E-state index in [0.717, 1.165) is 30.5 Å².